The normalized spacial score (nSPS) is 35.1. The fourth-order valence-corrected chi connectivity index (χ4v) is 7.78. The summed E-state index contributed by atoms with van der Waals surface area (Å²) >= 11 is 0. The lowest BCUT2D eigenvalue weighted by Gasteiger charge is -2.51. The first-order valence-electron chi connectivity index (χ1n) is 11.5. The summed E-state index contributed by atoms with van der Waals surface area (Å²) in [4.78, 5) is 5.32. The first-order chi connectivity index (χ1) is 14.8. The molecule has 2 heterocycles. The van der Waals surface area contributed by atoms with E-state index in [-0.39, 0.29) is 10.8 Å². The smallest absolute Gasteiger partial charge is 0.117 e. The summed E-state index contributed by atoms with van der Waals surface area (Å²) in [5, 5.41) is 0. The topological polar surface area (TPSA) is 6.48 Å². The minimum Gasteiger partial charge on any atom is -0.321 e. The maximum atomic E-state index is 4.36. The van der Waals surface area contributed by atoms with Crippen molar-refractivity contribution in [2.75, 3.05) is 9.80 Å². The predicted molar refractivity (Wildman–Crippen MR) is 126 cm³/mol. The molecule has 0 bridgehead atoms. The van der Waals surface area contributed by atoms with Crippen LogP contribution in [0.4, 0.5) is 17.1 Å². The summed E-state index contributed by atoms with van der Waals surface area (Å²) in [6, 6.07) is 20.0. The minimum atomic E-state index is 0.200. The number of benzene rings is 2. The average Bonchev–Trinajstić information content (AvgIpc) is 3.29. The van der Waals surface area contributed by atoms with E-state index in [1.54, 1.807) is 0 Å². The van der Waals surface area contributed by atoms with Gasteiger partial charge in [-0.3, -0.25) is 0 Å². The Morgan fingerprint density at radius 2 is 1.60 bits per heavy atom. The van der Waals surface area contributed by atoms with Crippen LogP contribution in [-0.4, -0.2) is 6.17 Å². The van der Waals surface area contributed by atoms with Crippen molar-refractivity contribution in [3.05, 3.63) is 91.2 Å². The standard InChI is InChI=1S/C28H30N2/c1-4-25-27(5-2)21-16-10-11-17-22(21)30-24-19-13-12-18-23(24)29(20-14-8-7-9-15-20)26(30)28(25,27)6-3/h4,7-15,17-19,21,25-26H,1,5-6,16H2,2-3H3. The second-order valence-corrected chi connectivity index (χ2v) is 9.25. The third kappa shape index (κ3) is 1.82. The van der Waals surface area contributed by atoms with Crippen LogP contribution in [0.2, 0.25) is 0 Å². The van der Waals surface area contributed by atoms with Crippen molar-refractivity contribution in [3.63, 3.8) is 0 Å². The van der Waals surface area contributed by atoms with Gasteiger partial charge in [-0.1, -0.05) is 62.4 Å². The van der Waals surface area contributed by atoms with Crippen LogP contribution in [0.25, 0.3) is 0 Å². The van der Waals surface area contributed by atoms with Crippen LogP contribution in [0.1, 0.15) is 33.1 Å². The fourth-order valence-electron chi connectivity index (χ4n) is 7.78. The van der Waals surface area contributed by atoms with Crippen molar-refractivity contribution >= 4 is 17.1 Å². The van der Waals surface area contributed by atoms with Crippen LogP contribution >= 0.6 is 0 Å². The van der Waals surface area contributed by atoms with Crippen LogP contribution in [-0.2, 0) is 0 Å². The number of hydrogen-bond acceptors (Lipinski definition) is 2. The Morgan fingerprint density at radius 3 is 2.27 bits per heavy atom. The van der Waals surface area contributed by atoms with Crippen molar-refractivity contribution in [2.45, 2.75) is 39.3 Å². The Morgan fingerprint density at radius 1 is 0.933 bits per heavy atom. The summed E-state index contributed by atoms with van der Waals surface area (Å²) in [5.74, 6) is 1.10. The Kier molecular flexibility index (Phi) is 3.69. The van der Waals surface area contributed by atoms with Gasteiger partial charge in [-0.25, -0.2) is 0 Å². The summed E-state index contributed by atoms with van der Waals surface area (Å²) in [6.07, 6.45) is 13.1. The van der Waals surface area contributed by atoms with Gasteiger partial charge in [0.25, 0.3) is 0 Å². The Labute approximate surface area is 180 Å². The summed E-state index contributed by atoms with van der Waals surface area (Å²) in [6.45, 7) is 9.18. The second-order valence-electron chi connectivity index (χ2n) is 9.25. The Hall–Kier alpha value is -2.74. The number of piperidine rings is 1. The quantitative estimate of drug-likeness (QED) is 0.513. The maximum absolute atomic E-state index is 4.36. The molecule has 30 heavy (non-hydrogen) atoms. The van der Waals surface area contributed by atoms with E-state index in [0.717, 1.165) is 6.42 Å². The molecule has 1 saturated carbocycles. The van der Waals surface area contributed by atoms with Crippen LogP contribution < -0.4 is 9.80 Å². The minimum absolute atomic E-state index is 0.200. The van der Waals surface area contributed by atoms with Crippen LogP contribution in [0, 0.1) is 22.7 Å². The molecule has 0 N–H and O–H groups in total. The van der Waals surface area contributed by atoms with Crippen LogP contribution in [0.3, 0.4) is 0 Å². The molecule has 0 spiro atoms. The monoisotopic (exact) mass is 394 g/mol. The zero-order chi connectivity index (χ0) is 20.5. The molecule has 5 unspecified atom stereocenters. The first-order valence-corrected chi connectivity index (χ1v) is 11.5. The molecule has 0 amide bonds. The summed E-state index contributed by atoms with van der Waals surface area (Å²) in [5.41, 5.74) is 5.96. The van der Waals surface area contributed by atoms with E-state index in [1.165, 1.54) is 35.6 Å². The van der Waals surface area contributed by atoms with Crippen LogP contribution in [0.15, 0.2) is 91.2 Å². The van der Waals surface area contributed by atoms with Gasteiger partial charge < -0.3 is 9.80 Å². The molecular weight excluding hydrogens is 364 g/mol. The Balaban J connectivity index is 1.66. The molecule has 152 valence electrons. The van der Waals surface area contributed by atoms with Gasteiger partial charge in [0.1, 0.15) is 6.17 Å². The number of anilines is 3. The van der Waals surface area contributed by atoms with Crippen molar-refractivity contribution in [3.8, 4) is 0 Å². The van der Waals surface area contributed by atoms with Gasteiger partial charge in [0.15, 0.2) is 0 Å². The molecule has 2 fully saturated rings. The predicted octanol–water partition coefficient (Wildman–Crippen LogP) is 7.05. The SMILES string of the molecule is C=CC1C2(CC)C3CC=CC=C3N3c4ccccc4N(c4ccccc4)C3C12CC. The highest BCUT2D eigenvalue weighted by atomic mass is 15.5. The molecule has 6 rings (SSSR count). The first kappa shape index (κ1) is 18.1. The van der Waals surface area contributed by atoms with Gasteiger partial charge in [-0.2, -0.15) is 0 Å². The van der Waals surface area contributed by atoms with Gasteiger partial charge in [0.05, 0.1) is 11.4 Å². The van der Waals surface area contributed by atoms with E-state index in [0.29, 0.717) is 18.0 Å². The maximum Gasteiger partial charge on any atom is 0.117 e. The second kappa shape index (κ2) is 6.14. The average molecular weight is 395 g/mol. The van der Waals surface area contributed by atoms with Crippen LogP contribution in [0.5, 0.6) is 0 Å². The van der Waals surface area contributed by atoms with Gasteiger partial charge in [0.2, 0.25) is 0 Å². The van der Waals surface area contributed by atoms with Gasteiger partial charge >= 0.3 is 0 Å². The molecule has 2 aromatic carbocycles. The summed E-state index contributed by atoms with van der Waals surface area (Å²) < 4.78 is 0. The molecule has 2 nitrogen and oxygen atoms in total. The number of rotatable bonds is 4. The molecular formula is C28H30N2. The lowest BCUT2D eigenvalue weighted by Crippen LogP contribution is -2.55. The number of para-hydroxylation sites is 3. The van der Waals surface area contributed by atoms with Crippen molar-refractivity contribution in [1.82, 2.24) is 0 Å². The molecule has 2 aromatic rings. The van der Waals surface area contributed by atoms with Crippen molar-refractivity contribution in [2.24, 2.45) is 22.7 Å². The molecule has 2 aliphatic heterocycles. The molecule has 2 heteroatoms. The largest absolute Gasteiger partial charge is 0.321 e. The molecule has 5 atom stereocenters. The van der Waals surface area contributed by atoms with E-state index in [1.807, 2.05) is 0 Å². The highest BCUT2D eigenvalue weighted by Crippen LogP contribution is 2.84. The third-order valence-corrected chi connectivity index (χ3v) is 8.72. The molecule has 0 aromatic heterocycles. The fraction of sp³-hybridized carbons (Fsp3) is 0.357. The zero-order valence-electron chi connectivity index (χ0n) is 18.0. The van der Waals surface area contributed by atoms with E-state index < -0.39 is 0 Å². The van der Waals surface area contributed by atoms with Gasteiger partial charge in [0, 0.05) is 22.7 Å². The molecule has 2 aliphatic carbocycles. The van der Waals surface area contributed by atoms with E-state index in [9.17, 15) is 0 Å². The van der Waals surface area contributed by atoms with E-state index >= 15 is 0 Å². The zero-order valence-corrected chi connectivity index (χ0v) is 18.0. The van der Waals surface area contributed by atoms with Crippen molar-refractivity contribution in [1.29, 1.82) is 0 Å². The molecule has 1 saturated heterocycles. The molecule has 4 aliphatic rings. The lowest BCUT2D eigenvalue weighted by atomic mass is 9.69. The highest BCUT2D eigenvalue weighted by molar-refractivity contribution is 5.87. The van der Waals surface area contributed by atoms with Crippen molar-refractivity contribution < 1.29 is 0 Å². The summed E-state index contributed by atoms with van der Waals surface area (Å²) in [7, 11) is 0. The lowest BCUT2D eigenvalue weighted by molar-refractivity contribution is 0.170. The number of nitrogens with zero attached hydrogens (tertiary/aromatic N) is 2. The van der Waals surface area contributed by atoms with E-state index in [4.69, 9.17) is 0 Å². The third-order valence-electron chi connectivity index (χ3n) is 8.72. The molecule has 0 radical (unpaired) electrons. The van der Waals surface area contributed by atoms with E-state index in [2.05, 4.69) is 109 Å². The highest BCUT2D eigenvalue weighted by Gasteiger charge is 2.83. The van der Waals surface area contributed by atoms with Gasteiger partial charge in [-0.05, 0) is 60.9 Å². The Bertz CT molecular complexity index is 1070. The number of allylic oxidation sites excluding steroid dienone is 5. The number of fused-ring (bicyclic) bond motifs is 8. The van der Waals surface area contributed by atoms with Gasteiger partial charge in [-0.15, -0.1) is 6.58 Å². The number of hydrogen-bond donors (Lipinski definition) is 0.